The highest BCUT2D eigenvalue weighted by molar-refractivity contribution is 7.90. The van der Waals surface area contributed by atoms with E-state index in [-0.39, 0.29) is 24.5 Å². The predicted molar refractivity (Wildman–Crippen MR) is 138 cm³/mol. The molecule has 1 amide bonds. The van der Waals surface area contributed by atoms with Crippen molar-refractivity contribution >= 4 is 28.0 Å². The molecule has 2 aromatic carbocycles. The Morgan fingerprint density at radius 1 is 1.20 bits per heavy atom. The van der Waals surface area contributed by atoms with Crippen LogP contribution in [0.5, 0.6) is 5.75 Å². The molecular formula is C27H38N2O5S. The van der Waals surface area contributed by atoms with Gasteiger partial charge < -0.3 is 23.7 Å². The zero-order chi connectivity index (χ0) is 25.4. The number of amides is 1. The van der Waals surface area contributed by atoms with E-state index in [9.17, 15) is 9.35 Å². The Hall–Kier alpha value is -1.84. The molecule has 2 fully saturated rings. The Labute approximate surface area is 211 Å². The Kier molecular flexibility index (Phi) is 7.69. The summed E-state index contributed by atoms with van der Waals surface area (Å²) in [6.07, 6.45) is 1.03. The molecule has 0 aliphatic carbocycles. The van der Waals surface area contributed by atoms with Crippen LogP contribution in [-0.2, 0) is 25.6 Å². The highest BCUT2D eigenvalue weighted by Gasteiger charge is 2.41. The van der Waals surface area contributed by atoms with E-state index >= 15 is 0 Å². The van der Waals surface area contributed by atoms with Crippen molar-refractivity contribution in [3.8, 4) is 5.75 Å². The van der Waals surface area contributed by atoms with Crippen LogP contribution in [0.4, 0.5) is 0 Å². The van der Waals surface area contributed by atoms with Crippen molar-refractivity contribution in [2.75, 3.05) is 26.8 Å². The van der Waals surface area contributed by atoms with Crippen LogP contribution in [0.1, 0.15) is 59.1 Å². The number of carbonyl (C=O) groups is 1. The van der Waals surface area contributed by atoms with E-state index in [1.54, 1.807) is 7.11 Å². The lowest BCUT2D eigenvalue weighted by molar-refractivity contribution is -0.161. The number of nitrogens with one attached hydrogen (secondary N) is 1. The number of hydrogen-bond donors (Lipinski definition) is 1. The first-order valence-corrected chi connectivity index (χ1v) is 13.5. The molecule has 0 spiro atoms. The topological polar surface area (TPSA) is 83.1 Å². The maximum Gasteiger partial charge on any atom is 0.254 e. The molecular weight excluding hydrogens is 464 g/mol. The van der Waals surface area contributed by atoms with E-state index < -0.39 is 28.0 Å². The van der Waals surface area contributed by atoms with Crippen LogP contribution in [0.3, 0.4) is 0 Å². The summed E-state index contributed by atoms with van der Waals surface area (Å²) in [6.45, 7) is 11.1. The summed E-state index contributed by atoms with van der Waals surface area (Å²) in [6, 6.07) is 12.2. The van der Waals surface area contributed by atoms with E-state index in [1.807, 2.05) is 51.7 Å². The highest BCUT2D eigenvalue weighted by atomic mass is 32.2. The number of piperidine rings is 1. The minimum atomic E-state index is -1.26. The van der Waals surface area contributed by atoms with Gasteiger partial charge in [-0.15, -0.1) is 4.72 Å². The molecule has 2 unspecified atom stereocenters. The van der Waals surface area contributed by atoms with Crippen molar-refractivity contribution in [3.63, 3.8) is 0 Å². The maximum absolute atomic E-state index is 13.2. The van der Waals surface area contributed by atoms with Gasteiger partial charge in [-0.05, 0) is 76.3 Å². The number of benzene rings is 2. The summed E-state index contributed by atoms with van der Waals surface area (Å²) in [5.74, 6) is 0.235. The van der Waals surface area contributed by atoms with Crippen LogP contribution >= 0.6 is 0 Å². The Bertz CT molecular complexity index is 1050. The SMILES string of the molecule is COc1cc2ccccc2cc1C(N[S+]([O-])C(C)(C)C)C1CCN(C(=O)[C@H]2COC(C)(C)O2)CC1. The molecule has 2 aliphatic rings. The first-order chi connectivity index (χ1) is 16.5. The van der Waals surface area contributed by atoms with Gasteiger partial charge in [0.15, 0.2) is 11.9 Å². The largest absolute Gasteiger partial charge is 0.598 e. The second kappa shape index (κ2) is 10.3. The van der Waals surface area contributed by atoms with Crippen molar-refractivity contribution in [1.29, 1.82) is 0 Å². The monoisotopic (exact) mass is 502 g/mol. The van der Waals surface area contributed by atoms with Gasteiger partial charge in [-0.1, -0.05) is 24.3 Å². The lowest BCUT2D eigenvalue weighted by atomic mass is 9.84. The Balaban J connectivity index is 1.57. The second-order valence-electron chi connectivity index (χ2n) is 10.9. The number of rotatable bonds is 6. The van der Waals surface area contributed by atoms with Crippen LogP contribution in [0, 0.1) is 5.92 Å². The van der Waals surface area contributed by atoms with Gasteiger partial charge in [0.05, 0.1) is 19.8 Å². The van der Waals surface area contributed by atoms with Gasteiger partial charge in [-0.3, -0.25) is 4.79 Å². The zero-order valence-electron chi connectivity index (χ0n) is 21.6. The van der Waals surface area contributed by atoms with E-state index in [1.165, 1.54) is 0 Å². The third-order valence-electron chi connectivity index (χ3n) is 6.83. The van der Waals surface area contributed by atoms with Crippen LogP contribution in [0.25, 0.3) is 10.8 Å². The van der Waals surface area contributed by atoms with Crippen LogP contribution < -0.4 is 9.46 Å². The van der Waals surface area contributed by atoms with Crippen LogP contribution in [0.2, 0.25) is 0 Å². The van der Waals surface area contributed by atoms with Gasteiger partial charge in [0.1, 0.15) is 10.5 Å². The molecule has 1 N–H and O–H groups in total. The summed E-state index contributed by atoms with van der Waals surface area (Å²) in [5, 5.41) is 2.22. The predicted octanol–water partition coefficient (Wildman–Crippen LogP) is 4.33. The number of hydrogen-bond acceptors (Lipinski definition) is 6. The van der Waals surface area contributed by atoms with Crippen molar-refractivity contribution in [1.82, 2.24) is 9.62 Å². The molecule has 0 aromatic heterocycles. The molecule has 35 heavy (non-hydrogen) atoms. The molecule has 0 bridgehead atoms. The fraction of sp³-hybridized carbons (Fsp3) is 0.593. The molecule has 3 atom stereocenters. The summed E-state index contributed by atoms with van der Waals surface area (Å²) >= 11 is -1.26. The number of fused-ring (bicyclic) bond motifs is 1. The molecule has 7 nitrogen and oxygen atoms in total. The Morgan fingerprint density at radius 2 is 1.83 bits per heavy atom. The first-order valence-electron chi connectivity index (χ1n) is 12.3. The smallest absolute Gasteiger partial charge is 0.254 e. The number of methoxy groups -OCH3 is 1. The molecule has 4 rings (SSSR count). The lowest BCUT2D eigenvalue weighted by Gasteiger charge is -2.38. The van der Waals surface area contributed by atoms with Crippen LogP contribution in [-0.4, -0.2) is 58.8 Å². The van der Waals surface area contributed by atoms with Gasteiger partial charge in [0.2, 0.25) is 0 Å². The Morgan fingerprint density at radius 3 is 2.37 bits per heavy atom. The van der Waals surface area contributed by atoms with Gasteiger partial charge in [0, 0.05) is 30.0 Å². The average molecular weight is 503 g/mol. The number of ether oxygens (including phenoxy) is 3. The standard InChI is InChI=1S/C27H38N2O5S/c1-26(2,3)35(31)28-24(21-15-19-9-7-8-10-20(19)16-22(21)32-6)18-11-13-29(14-12-18)25(30)23-17-33-27(4,5)34-23/h7-10,15-16,18,23-24,28H,11-14,17H2,1-6H3/t23-,24?,35?/m1/s1. The van der Waals surface area contributed by atoms with E-state index in [0.29, 0.717) is 13.1 Å². The van der Waals surface area contributed by atoms with Crippen molar-refractivity contribution in [3.05, 3.63) is 42.0 Å². The first kappa shape index (κ1) is 26.2. The van der Waals surface area contributed by atoms with Crippen molar-refractivity contribution in [2.45, 2.75) is 70.1 Å². The fourth-order valence-electron chi connectivity index (χ4n) is 4.83. The van der Waals surface area contributed by atoms with Crippen molar-refractivity contribution in [2.24, 2.45) is 5.92 Å². The molecule has 0 radical (unpaired) electrons. The van der Waals surface area contributed by atoms with Crippen LogP contribution in [0.15, 0.2) is 36.4 Å². The van der Waals surface area contributed by atoms with E-state index in [0.717, 1.165) is 34.9 Å². The van der Waals surface area contributed by atoms with Gasteiger partial charge in [0.25, 0.3) is 5.91 Å². The summed E-state index contributed by atoms with van der Waals surface area (Å²) in [4.78, 5) is 14.9. The maximum atomic E-state index is 13.2. The fourth-order valence-corrected chi connectivity index (χ4v) is 5.73. The third kappa shape index (κ3) is 5.94. The van der Waals surface area contributed by atoms with E-state index in [4.69, 9.17) is 14.2 Å². The minimum Gasteiger partial charge on any atom is -0.598 e. The van der Waals surface area contributed by atoms with Gasteiger partial charge >= 0.3 is 0 Å². The molecule has 2 heterocycles. The molecule has 192 valence electrons. The highest BCUT2D eigenvalue weighted by Crippen LogP contribution is 2.39. The number of nitrogens with zero attached hydrogens (tertiary/aromatic N) is 1. The quantitative estimate of drug-likeness (QED) is 0.592. The molecule has 2 aromatic rings. The van der Waals surface area contributed by atoms with Gasteiger partial charge in [-0.2, -0.15) is 0 Å². The second-order valence-corrected chi connectivity index (χ2v) is 12.9. The minimum absolute atomic E-state index is 0.0138. The molecule has 2 saturated heterocycles. The van der Waals surface area contributed by atoms with E-state index in [2.05, 4.69) is 29.0 Å². The molecule has 0 saturated carbocycles. The van der Waals surface area contributed by atoms with Gasteiger partial charge in [-0.25, -0.2) is 0 Å². The third-order valence-corrected chi connectivity index (χ3v) is 8.41. The van der Waals surface area contributed by atoms with Crippen molar-refractivity contribution < 1.29 is 23.6 Å². The number of carbonyl (C=O) groups excluding carboxylic acids is 1. The summed E-state index contributed by atoms with van der Waals surface area (Å²) in [5.41, 5.74) is 1.00. The summed E-state index contributed by atoms with van der Waals surface area (Å²) < 4.78 is 33.4. The zero-order valence-corrected chi connectivity index (χ0v) is 22.4. The normalized spacial score (nSPS) is 22.8. The molecule has 2 aliphatic heterocycles. The number of likely N-dealkylation sites (tertiary alicyclic amines) is 1. The molecule has 8 heteroatoms. The average Bonchev–Trinajstić information content (AvgIpc) is 3.20. The lowest BCUT2D eigenvalue weighted by Crippen LogP contribution is -2.48. The summed E-state index contributed by atoms with van der Waals surface area (Å²) in [7, 11) is 1.68.